The van der Waals surface area contributed by atoms with Gasteiger partial charge >= 0.3 is 0 Å². The van der Waals surface area contributed by atoms with Gasteiger partial charge in [0.15, 0.2) is 4.90 Å². The summed E-state index contributed by atoms with van der Waals surface area (Å²) in [5, 5.41) is 0. The number of nitrogens with zero attached hydrogens (tertiary/aromatic N) is 2. The predicted molar refractivity (Wildman–Crippen MR) is 59.9 cm³/mol. The summed E-state index contributed by atoms with van der Waals surface area (Å²) in [7, 11) is -3.92. The summed E-state index contributed by atoms with van der Waals surface area (Å²) in [5.41, 5.74) is -0.399. The highest BCUT2D eigenvalue weighted by atomic mass is 32.2. The van der Waals surface area contributed by atoms with Gasteiger partial charge in [0.25, 0.3) is 10.0 Å². The Balaban J connectivity index is 2.39. The third-order valence-electron chi connectivity index (χ3n) is 1.89. The van der Waals surface area contributed by atoms with Crippen LogP contribution in [0.25, 0.3) is 0 Å². The van der Waals surface area contributed by atoms with Crippen LogP contribution in [0.2, 0.25) is 0 Å². The van der Waals surface area contributed by atoms with Crippen molar-refractivity contribution in [2.45, 2.75) is 4.90 Å². The van der Waals surface area contributed by atoms with Gasteiger partial charge < -0.3 is 4.98 Å². The fraction of sp³-hybridized carbons (Fsp3) is 0. The third-order valence-corrected chi connectivity index (χ3v) is 3.29. The molecule has 2 heterocycles. The van der Waals surface area contributed by atoms with Crippen LogP contribution in [0.5, 0.6) is 0 Å². The van der Waals surface area contributed by atoms with Gasteiger partial charge in [-0.05, 0) is 0 Å². The van der Waals surface area contributed by atoms with Gasteiger partial charge in [-0.15, -0.1) is 0 Å². The number of nitrogens with one attached hydrogen (secondary N) is 2. The van der Waals surface area contributed by atoms with Crippen LogP contribution in [0.1, 0.15) is 0 Å². The number of hydrogen-bond acceptors (Lipinski definition) is 5. The second-order valence-corrected chi connectivity index (χ2v) is 4.76. The van der Waals surface area contributed by atoms with E-state index in [1.165, 1.54) is 24.9 Å². The molecule has 2 aromatic heterocycles. The molecule has 2 N–H and O–H groups in total. The zero-order valence-electron chi connectivity index (χ0n) is 8.49. The summed E-state index contributed by atoms with van der Waals surface area (Å²) in [5.74, 6) is 0. The summed E-state index contributed by atoms with van der Waals surface area (Å²) in [6.45, 7) is 0. The van der Waals surface area contributed by atoms with Crippen LogP contribution < -0.4 is 10.2 Å². The largest absolute Gasteiger partial charge is 0.366 e. The van der Waals surface area contributed by atoms with Crippen LogP contribution in [0.3, 0.4) is 0 Å². The van der Waals surface area contributed by atoms with Gasteiger partial charge in [0.05, 0.1) is 18.1 Å². The molecule has 0 fully saturated rings. The Kier molecular flexibility index (Phi) is 2.88. The maximum atomic E-state index is 11.8. The Morgan fingerprint density at radius 2 is 1.94 bits per heavy atom. The number of aromatic nitrogens is 3. The Morgan fingerprint density at radius 1 is 1.24 bits per heavy atom. The zero-order chi connectivity index (χ0) is 12.3. The lowest BCUT2D eigenvalue weighted by Crippen LogP contribution is -2.21. The Hall–Kier alpha value is -2.22. The Labute approximate surface area is 96.6 Å². The van der Waals surface area contributed by atoms with Crippen molar-refractivity contribution >= 4 is 15.7 Å². The van der Waals surface area contributed by atoms with E-state index in [0.717, 1.165) is 12.3 Å². The van der Waals surface area contributed by atoms with Crippen LogP contribution in [-0.4, -0.2) is 23.4 Å². The predicted octanol–water partition coefficient (Wildman–Crippen LogP) is -0.0343. The van der Waals surface area contributed by atoms with Gasteiger partial charge in [-0.1, -0.05) is 0 Å². The van der Waals surface area contributed by atoms with Crippen LogP contribution in [0, 0.1) is 0 Å². The molecule has 0 spiro atoms. The maximum Gasteiger partial charge on any atom is 0.267 e. The smallest absolute Gasteiger partial charge is 0.267 e. The third kappa shape index (κ3) is 2.48. The van der Waals surface area contributed by atoms with Gasteiger partial charge in [0.2, 0.25) is 5.43 Å². The molecule has 17 heavy (non-hydrogen) atoms. The lowest BCUT2D eigenvalue weighted by atomic mass is 10.5. The maximum absolute atomic E-state index is 11.8. The van der Waals surface area contributed by atoms with Gasteiger partial charge in [-0.3, -0.25) is 9.52 Å². The first kappa shape index (κ1) is 11.3. The van der Waals surface area contributed by atoms with Crippen LogP contribution in [-0.2, 0) is 10.0 Å². The molecule has 0 aromatic carbocycles. The average molecular weight is 252 g/mol. The Bertz CT molecular complexity index is 666. The first-order valence-corrected chi connectivity index (χ1v) is 6.03. The minimum atomic E-state index is -3.92. The zero-order valence-corrected chi connectivity index (χ0v) is 9.31. The van der Waals surface area contributed by atoms with E-state index in [4.69, 9.17) is 0 Å². The summed E-state index contributed by atoms with van der Waals surface area (Å²) in [6.07, 6.45) is 6.33. The number of hydrogen-bond donors (Lipinski definition) is 2. The van der Waals surface area contributed by atoms with Crippen LogP contribution >= 0.6 is 0 Å². The lowest BCUT2D eigenvalue weighted by Gasteiger charge is -2.05. The molecule has 0 radical (unpaired) electrons. The van der Waals surface area contributed by atoms with Crippen molar-refractivity contribution in [3.63, 3.8) is 0 Å². The van der Waals surface area contributed by atoms with Crippen molar-refractivity contribution in [3.05, 3.63) is 47.4 Å². The molecule has 88 valence electrons. The monoisotopic (exact) mass is 252 g/mol. The molecule has 0 saturated carbocycles. The standard InChI is InChI=1S/C9H8N4O3S/c14-8-1-2-10-5-9(8)17(15,16)13-7-3-11-6-12-4-7/h1-6,13H,(H,10,14). The van der Waals surface area contributed by atoms with Crippen molar-refractivity contribution in [2.24, 2.45) is 0 Å². The molecule has 0 atom stereocenters. The molecule has 0 unspecified atom stereocenters. The second kappa shape index (κ2) is 4.34. The van der Waals surface area contributed by atoms with E-state index in [1.54, 1.807) is 0 Å². The van der Waals surface area contributed by atoms with Crippen molar-refractivity contribution in [1.82, 2.24) is 15.0 Å². The van der Waals surface area contributed by atoms with Crippen molar-refractivity contribution in [2.75, 3.05) is 4.72 Å². The molecular formula is C9H8N4O3S. The number of rotatable bonds is 3. The molecule has 0 aliphatic rings. The summed E-state index contributed by atoms with van der Waals surface area (Å²) < 4.78 is 25.9. The van der Waals surface area contributed by atoms with E-state index in [-0.39, 0.29) is 10.6 Å². The number of aromatic amines is 1. The van der Waals surface area contributed by atoms with Crippen molar-refractivity contribution < 1.29 is 8.42 Å². The minimum Gasteiger partial charge on any atom is -0.366 e. The first-order chi connectivity index (χ1) is 8.09. The second-order valence-electron chi connectivity index (χ2n) is 3.11. The van der Waals surface area contributed by atoms with E-state index < -0.39 is 15.5 Å². The van der Waals surface area contributed by atoms with E-state index >= 15 is 0 Å². The lowest BCUT2D eigenvalue weighted by molar-refractivity contribution is 0.600. The quantitative estimate of drug-likeness (QED) is 0.797. The summed E-state index contributed by atoms with van der Waals surface area (Å²) in [6, 6.07) is 1.13. The summed E-state index contributed by atoms with van der Waals surface area (Å²) in [4.78, 5) is 20.9. The van der Waals surface area contributed by atoms with Gasteiger partial charge in [-0.2, -0.15) is 0 Å². The topological polar surface area (TPSA) is 105 Å². The highest BCUT2D eigenvalue weighted by molar-refractivity contribution is 7.92. The number of H-pyrrole nitrogens is 1. The normalized spacial score (nSPS) is 11.1. The fourth-order valence-corrected chi connectivity index (χ4v) is 2.25. The van der Waals surface area contributed by atoms with Gasteiger partial charge in [0.1, 0.15) is 6.33 Å². The van der Waals surface area contributed by atoms with Crippen molar-refractivity contribution in [3.8, 4) is 0 Å². The van der Waals surface area contributed by atoms with Gasteiger partial charge in [0, 0.05) is 18.5 Å². The highest BCUT2D eigenvalue weighted by Gasteiger charge is 2.17. The van der Waals surface area contributed by atoms with E-state index in [2.05, 4.69) is 19.7 Å². The molecule has 0 bridgehead atoms. The average Bonchev–Trinajstić information content (AvgIpc) is 2.30. The van der Waals surface area contributed by atoms with Crippen LogP contribution in [0.4, 0.5) is 5.69 Å². The SMILES string of the molecule is O=c1cc[nH]cc1S(=O)(=O)Nc1cncnc1. The van der Waals surface area contributed by atoms with Crippen LogP contribution in [0.15, 0.2) is 46.9 Å². The van der Waals surface area contributed by atoms with Crippen molar-refractivity contribution in [1.29, 1.82) is 0 Å². The molecule has 2 aromatic rings. The van der Waals surface area contributed by atoms with E-state index in [9.17, 15) is 13.2 Å². The van der Waals surface area contributed by atoms with E-state index in [1.807, 2.05) is 0 Å². The highest BCUT2D eigenvalue weighted by Crippen LogP contribution is 2.09. The fourth-order valence-electron chi connectivity index (χ4n) is 1.17. The molecule has 7 nitrogen and oxygen atoms in total. The summed E-state index contributed by atoms with van der Waals surface area (Å²) >= 11 is 0. The number of sulfonamides is 1. The molecule has 2 rings (SSSR count). The minimum absolute atomic E-state index is 0.191. The molecular weight excluding hydrogens is 244 g/mol. The molecule has 0 saturated heterocycles. The molecule has 8 heteroatoms. The molecule has 0 amide bonds. The van der Waals surface area contributed by atoms with Gasteiger partial charge in [-0.25, -0.2) is 18.4 Å². The van der Waals surface area contributed by atoms with E-state index in [0.29, 0.717) is 0 Å². The Morgan fingerprint density at radius 3 is 2.59 bits per heavy atom. The molecule has 0 aliphatic carbocycles. The molecule has 0 aliphatic heterocycles. The number of pyridine rings is 1. The first-order valence-electron chi connectivity index (χ1n) is 4.54. The number of anilines is 1.